The first-order valence-corrected chi connectivity index (χ1v) is 10.5. The maximum Gasteiger partial charge on any atom is 0.495 e. The van der Waals surface area contributed by atoms with Crippen LogP contribution in [0.3, 0.4) is 0 Å². The normalized spacial score (nSPS) is 19.5. The lowest BCUT2D eigenvalue weighted by atomic mass is 9.75. The SMILES string of the molecule is CCCC(CNC(=O)c1cccc(B2OC(C)(C)C(C)(C)O2)c1C)C(C)(C)C. The molecule has 1 saturated heterocycles. The molecule has 1 fully saturated rings. The van der Waals surface area contributed by atoms with Gasteiger partial charge in [-0.05, 0) is 69.5 Å². The number of rotatable bonds is 6. The zero-order chi connectivity index (χ0) is 21.3. The predicted molar refractivity (Wildman–Crippen MR) is 117 cm³/mol. The Labute approximate surface area is 171 Å². The largest absolute Gasteiger partial charge is 0.495 e. The van der Waals surface area contributed by atoms with E-state index >= 15 is 0 Å². The Morgan fingerprint density at radius 2 is 1.71 bits per heavy atom. The van der Waals surface area contributed by atoms with Crippen molar-refractivity contribution >= 4 is 18.5 Å². The van der Waals surface area contributed by atoms with Crippen molar-refractivity contribution in [2.75, 3.05) is 6.54 Å². The smallest absolute Gasteiger partial charge is 0.399 e. The number of amides is 1. The summed E-state index contributed by atoms with van der Waals surface area (Å²) in [6.07, 6.45) is 2.23. The van der Waals surface area contributed by atoms with Crippen molar-refractivity contribution in [1.82, 2.24) is 5.32 Å². The lowest BCUT2D eigenvalue weighted by molar-refractivity contribution is 0.00578. The van der Waals surface area contributed by atoms with Crippen molar-refractivity contribution < 1.29 is 14.1 Å². The van der Waals surface area contributed by atoms with E-state index in [9.17, 15) is 4.79 Å². The molecule has 1 aromatic rings. The summed E-state index contributed by atoms with van der Waals surface area (Å²) in [5.41, 5.74) is 1.90. The van der Waals surface area contributed by atoms with Gasteiger partial charge in [-0.25, -0.2) is 0 Å². The molecule has 0 radical (unpaired) electrons. The molecule has 0 bridgehead atoms. The van der Waals surface area contributed by atoms with Gasteiger partial charge in [0, 0.05) is 12.1 Å². The quantitative estimate of drug-likeness (QED) is 0.732. The zero-order valence-electron chi connectivity index (χ0n) is 19.2. The summed E-state index contributed by atoms with van der Waals surface area (Å²) in [6.45, 7) is 19.7. The highest BCUT2D eigenvalue weighted by molar-refractivity contribution is 6.62. The number of carbonyl (C=O) groups is 1. The summed E-state index contributed by atoms with van der Waals surface area (Å²) in [6, 6.07) is 5.78. The molecule has 0 aliphatic carbocycles. The molecule has 1 amide bonds. The molecule has 5 heteroatoms. The van der Waals surface area contributed by atoms with Gasteiger partial charge in [0.2, 0.25) is 0 Å². The molecule has 4 nitrogen and oxygen atoms in total. The van der Waals surface area contributed by atoms with E-state index in [1.807, 2.05) is 52.8 Å². The molecule has 1 N–H and O–H groups in total. The lowest BCUT2D eigenvalue weighted by Crippen LogP contribution is -2.41. The van der Waals surface area contributed by atoms with E-state index in [1.165, 1.54) is 0 Å². The van der Waals surface area contributed by atoms with Crippen LogP contribution < -0.4 is 10.8 Å². The third kappa shape index (κ3) is 4.80. The molecule has 0 saturated carbocycles. The van der Waals surface area contributed by atoms with E-state index in [2.05, 4.69) is 33.0 Å². The first-order chi connectivity index (χ1) is 12.8. The number of nitrogens with one attached hydrogen (secondary N) is 1. The molecule has 1 heterocycles. The van der Waals surface area contributed by atoms with Crippen molar-refractivity contribution in [3.8, 4) is 0 Å². The minimum atomic E-state index is -0.458. The summed E-state index contributed by atoms with van der Waals surface area (Å²) in [4.78, 5) is 12.9. The van der Waals surface area contributed by atoms with Gasteiger partial charge in [0.15, 0.2) is 0 Å². The van der Waals surface area contributed by atoms with Gasteiger partial charge in [0.05, 0.1) is 11.2 Å². The van der Waals surface area contributed by atoms with Gasteiger partial charge in [0.25, 0.3) is 5.91 Å². The van der Waals surface area contributed by atoms with E-state index in [0.717, 1.165) is 23.9 Å². The van der Waals surface area contributed by atoms with E-state index in [4.69, 9.17) is 9.31 Å². The lowest BCUT2D eigenvalue weighted by Gasteiger charge is -2.32. The van der Waals surface area contributed by atoms with Crippen molar-refractivity contribution in [3.63, 3.8) is 0 Å². The third-order valence-electron chi connectivity index (χ3n) is 6.50. The van der Waals surface area contributed by atoms with Gasteiger partial charge >= 0.3 is 7.12 Å². The van der Waals surface area contributed by atoms with E-state index in [0.29, 0.717) is 18.0 Å². The number of benzene rings is 1. The summed E-state index contributed by atoms with van der Waals surface area (Å²) in [5.74, 6) is 0.425. The van der Waals surface area contributed by atoms with E-state index in [1.54, 1.807) is 0 Å². The predicted octanol–water partition coefficient (Wildman–Crippen LogP) is 4.49. The molecular formula is C23H38BNO3. The molecule has 1 aliphatic rings. The van der Waals surface area contributed by atoms with Gasteiger partial charge in [-0.2, -0.15) is 0 Å². The van der Waals surface area contributed by atoms with Crippen LogP contribution in [0.2, 0.25) is 0 Å². The fraction of sp³-hybridized carbons (Fsp3) is 0.696. The molecule has 28 heavy (non-hydrogen) atoms. The summed E-state index contributed by atoms with van der Waals surface area (Å²) in [5, 5.41) is 3.16. The van der Waals surface area contributed by atoms with Crippen molar-refractivity contribution in [3.05, 3.63) is 29.3 Å². The Bertz CT molecular complexity index is 690. The topological polar surface area (TPSA) is 47.6 Å². The number of carbonyl (C=O) groups excluding carboxylic acids is 1. The minimum absolute atomic E-state index is 0.0266. The molecule has 156 valence electrons. The Hall–Kier alpha value is -1.33. The molecule has 1 aliphatic heterocycles. The summed E-state index contributed by atoms with van der Waals surface area (Å²) >= 11 is 0. The number of hydrogen-bond donors (Lipinski definition) is 1. The van der Waals surface area contributed by atoms with Crippen LogP contribution in [0.5, 0.6) is 0 Å². The fourth-order valence-electron chi connectivity index (χ4n) is 3.63. The molecular weight excluding hydrogens is 349 g/mol. The van der Waals surface area contributed by atoms with Gasteiger partial charge in [0.1, 0.15) is 0 Å². The van der Waals surface area contributed by atoms with Crippen LogP contribution in [0.1, 0.15) is 84.2 Å². The summed E-state index contributed by atoms with van der Waals surface area (Å²) < 4.78 is 12.4. The van der Waals surface area contributed by atoms with Gasteiger partial charge in [-0.15, -0.1) is 0 Å². The Balaban J connectivity index is 2.18. The van der Waals surface area contributed by atoms with Gasteiger partial charge in [-0.1, -0.05) is 46.2 Å². The molecule has 1 unspecified atom stereocenters. The minimum Gasteiger partial charge on any atom is -0.399 e. The zero-order valence-corrected chi connectivity index (χ0v) is 19.2. The van der Waals surface area contributed by atoms with Crippen LogP contribution in [0.25, 0.3) is 0 Å². The highest BCUT2D eigenvalue weighted by Crippen LogP contribution is 2.36. The van der Waals surface area contributed by atoms with Crippen molar-refractivity contribution in [1.29, 1.82) is 0 Å². The third-order valence-corrected chi connectivity index (χ3v) is 6.50. The second-order valence-electron chi connectivity index (χ2n) is 10.2. The molecule has 1 atom stereocenters. The number of hydrogen-bond acceptors (Lipinski definition) is 3. The highest BCUT2D eigenvalue weighted by Gasteiger charge is 2.52. The van der Waals surface area contributed by atoms with E-state index in [-0.39, 0.29) is 11.3 Å². The monoisotopic (exact) mass is 387 g/mol. The average Bonchev–Trinajstić information content (AvgIpc) is 2.78. The molecule has 0 spiro atoms. The van der Waals surface area contributed by atoms with Crippen LogP contribution in [0, 0.1) is 18.3 Å². The van der Waals surface area contributed by atoms with Crippen LogP contribution in [0.4, 0.5) is 0 Å². The fourth-order valence-corrected chi connectivity index (χ4v) is 3.63. The van der Waals surface area contributed by atoms with E-state index < -0.39 is 18.3 Å². The Morgan fingerprint density at radius 1 is 1.14 bits per heavy atom. The maximum absolute atomic E-state index is 12.9. The van der Waals surface area contributed by atoms with Crippen molar-refractivity contribution in [2.24, 2.45) is 11.3 Å². The molecule has 0 aromatic heterocycles. The van der Waals surface area contributed by atoms with Gasteiger partial charge < -0.3 is 14.6 Å². The first-order valence-electron chi connectivity index (χ1n) is 10.5. The Kier molecular flexibility index (Phi) is 6.72. The molecule has 2 rings (SSSR count). The maximum atomic E-state index is 12.9. The van der Waals surface area contributed by atoms with Crippen LogP contribution in [-0.2, 0) is 9.31 Å². The van der Waals surface area contributed by atoms with Gasteiger partial charge in [-0.3, -0.25) is 4.79 Å². The standard InChI is InChI=1S/C23H38BNO3/c1-10-12-17(21(3,4)5)15-25-20(26)18-13-11-14-19(16(18)2)24-27-22(6,7)23(8,9)28-24/h11,13-14,17H,10,12,15H2,1-9H3,(H,25,26). The van der Waals surface area contributed by atoms with Crippen molar-refractivity contribution in [2.45, 2.75) is 86.4 Å². The van der Waals surface area contributed by atoms with Crippen LogP contribution >= 0.6 is 0 Å². The first kappa shape index (κ1) is 23.0. The van der Waals surface area contributed by atoms with Crippen LogP contribution in [0.15, 0.2) is 18.2 Å². The Morgan fingerprint density at radius 3 is 2.21 bits per heavy atom. The second kappa shape index (κ2) is 8.20. The second-order valence-corrected chi connectivity index (χ2v) is 10.2. The average molecular weight is 387 g/mol. The van der Waals surface area contributed by atoms with Crippen LogP contribution in [-0.4, -0.2) is 30.8 Å². The molecule has 1 aromatic carbocycles. The highest BCUT2D eigenvalue weighted by atomic mass is 16.7. The summed E-state index contributed by atoms with van der Waals surface area (Å²) in [7, 11) is -0.458.